The van der Waals surface area contributed by atoms with Crippen molar-refractivity contribution in [3.8, 4) is 0 Å². The van der Waals surface area contributed by atoms with Crippen LogP contribution < -0.4 is 0 Å². The molecule has 0 bridgehead atoms. The quantitative estimate of drug-likeness (QED) is 0.581. The lowest BCUT2D eigenvalue weighted by atomic mass is 9.77. The Labute approximate surface area is 196 Å². The van der Waals surface area contributed by atoms with Crippen LogP contribution in [0.1, 0.15) is 47.0 Å². The summed E-state index contributed by atoms with van der Waals surface area (Å²) in [7, 11) is 0. The first-order chi connectivity index (χ1) is 15.8. The van der Waals surface area contributed by atoms with E-state index < -0.39 is 35.6 Å². The summed E-state index contributed by atoms with van der Waals surface area (Å²) in [4.78, 5) is 46.6. The Morgan fingerprint density at radius 2 is 1.82 bits per heavy atom. The van der Waals surface area contributed by atoms with Crippen molar-refractivity contribution in [1.29, 1.82) is 0 Å². The number of hydrogen-bond donors (Lipinski definition) is 1. The lowest BCUT2D eigenvalue weighted by Crippen LogP contribution is -2.58. The van der Waals surface area contributed by atoms with Gasteiger partial charge in [0.15, 0.2) is 0 Å². The SMILES string of the molecule is CCCC(C)N1CC=C[C@]23O[C@@H]4C=CCN(CCC)C(=O)[C@@H]4[C@H]2C(=O)N([C@H](C)CO)C3C1=O. The summed E-state index contributed by atoms with van der Waals surface area (Å²) in [5, 5.41) is 9.96. The van der Waals surface area contributed by atoms with Crippen LogP contribution in [0.4, 0.5) is 0 Å². The van der Waals surface area contributed by atoms with Crippen LogP contribution in [0.2, 0.25) is 0 Å². The first-order valence-electron chi connectivity index (χ1n) is 12.4. The molecule has 182 valence electrons. The highest BCUT2D eigenvalue weighted by Gasteiger charge is 2.72. The Morgan fingerprint density at radius 1 is 1.06 bits per heavy atom. The van der Waals surface area contributed by atoms with Crippen molar-refractivity contribution in [2.75, 3.05) is 26.2 Å². The predicted molar refractivity (Wildman–Crippen MR) is 123 cm³/mol. The van der Waals surface area contributed by atoms with Crippen molar-refractivity contribution in [3.63, 3.8) is 0 Å². The lowest BCUT2D eigenvalue weighted by Gasteiger charge is -2.39. The third-order valence-electron chi connectivity index (χ3n) is 7.68. The summed E-state index contributed by atoms with van der Waals surface area (Å²) >= 11 is 0. The largest absolute Gasteiger partial charge is 0.394 e. The van der Waals surface area contributed by atoms with Crippen molar-refractivity contribution < 1.29 is 24.2 Å². The van der Waals surface area contributed by atoms with Crippen LogP contribution in [0.5, 0.6) is 0 Å². The molecule has 0 aliphatic carbocycles. The minimum absolute atomic E-state index is 0.0104. The fourth-order valence-corrected chi connectivity index (χ4v) is 6.15. The Balaban J connectivity index is 1.81. The van der Waals surface area contributed by atoms with E-state index in [4.69, 9.17) is 4.74 Å². The van der Waals surface area contributed by atoms with Crippen LogP contribution in [0.3, 0.4) is 0 Å². The van der Waals surface area contributed by atoms with Crippen molar-refractivity contribution in [2.45, 2.75) is 76.8 Å². The summed E-state index contributed by atoms with van der Waals surface area (Å²) in [6.07, 6.45) is 9.65. The molecule has 0 aromatic rings. The number of fused-ring (bicyclic) bond motifs is 2. The van der Waals surface area contributed by atoms with Crippen LogP contribution in [0, 0.1) is 11.8 Å². The highest BCUT2D eigenvalue weighted by molar-refractivity contribution is 6.00. The molecular weight excluding hydrogens is 422 g/mol. The summed E-state index contributed by atoms with van der Waals surface area (Å²) in [5.41, 5.74) is -1.22. The van der Waals surface area contributed by atoms with Gasteiger partial charge in [-0.1, -0.05) is 44.6 Å². The maximum absolute atomic E-state index is 14.0. The van der Waals surface area contributed by atoms with Crippen LogP contribution in [-0.2, 0) is 19.1 Å². The maximum Gasteiger partial charge on any atom is 0.249 e. The van der Waals surface area contributed by atoms with Gasteiger partial charge in [-0.05, 0) is 26.7 Å². The van der Waals surface area contributed by atoms with Gasteiger partial charge in [0, 0.05) is 25.7 Å². The molecule has 0 aromatic carbocycles. The molecule has 33 heavy (non-hydrogen) atoms. The number of ether oxygens (including phenoxy) is 1. The third kappa shape index (κ3) is 3.62. The summed E-state index contributed by atoms with van der Waals surface area (Å²) in [6.45, 7) is 9.14. The summed E-state index contributed by atoms with van der Waals surface area (Å²) in [5.74, 6) is -2.02. The first-order valence-corrected chi connectivity index (χ1v) is 12.4. The van der Waals surface area contributed by atoms with Gasteiger partial charge in [-0.2, -0.15) is 0 Å². The molecule has 2 saturated heterocycles. The molecule has 4 aliphatic rings. The van der Waals surface area contributed by atoms with E-state index in [0.29, 0.717) is 19.6 Å². The molecule has 2 fully saturated rings. The maximum atomic E-state index is 14.0. The zero-order chi connectivity index (χ0) is 23.9. The van der Waals surface area contributed by atoms with Crippen LogP contribution >= 0.6 is 0 Å². The number of likely N-dealkylation sites (tertiary alicyclic amines) is 1. The number of carbonyl (C=O) groups excluding carboxylic acids is 3. The molecule has 0 saturated carbocycles. The topological polar surface area (TPSA) is 90.4 Å². The van der Waals surface area contributed by atoms with Crippen molar-refractivity contribution in [1.82, 2.24) is 14.7 Å². The van der Waals surface area contributed by atoms with Gasteiger partial charge in [0.25, 0.3) is 0 Å². The van der Waals surface area contributed by atoms with Crippen LogP contribution in [0.15, 0.2) is 24.3 Å². The average molecular weight is 460 g/mol. The Bertz CT molecular complexity index is 857. The van der Waals surface area contributed by atoms with Crippen LogP contribution in [-0.4, -0.2) is 93.6 Å². The zero-order valence-corrected chi connectivity index (χ0v) is 20.1. The minimum Gasteiger partial charge on any atom is -0.394 e. The van der Waals surface area contributed by atoms with Gasteiger partial charge in [-0.25, -0.2) is 0 Å². The average Bonchev–Trinajstić information content (AvgIpc) is 3.12. The molecule has 0 aromatic heterocycles. The first kappa shape index (κ1) is 24.0. The second-order valence-corrected chi connectivity index (χ2v) is 9.86. The van der Waals surface area contributed by atoms with E-state index >= 15 is 0 Å². The van der Waals surface area contributed by atoms with Crippen LogP contribution in [0.25, 0.3) is 0 Å². The molecule has 4 aliphatic heterocycles. The predicted octanol–water partition coefficient (Wildman–Crippen LogP) is 1.34. The van der Waals surface area contributed by atoms with E-state index in [1.807, 2.05) is 43.1 Å². The van der Waals surface area contributed by atoms with Gasteiger partial charge in [0.2, 0.25) is 17.7 Å². The van der Waals surface area contributed by atoms with Gasteiger partial charge in [0.05, 0.1) is 30.6 Å². The number of rotatable bonds is 7. The zero-order valence-electron chi connectivity index (χ0n) is 20.1. The molecule has 2 unspecified atom stereocenters. The standard InChI is InChI=1S/C25H37N3O5/c1-5-9-16(3)27-14-8-11-25-20(23(31)28(17(4)15-29)21(25)24(27)32)19-18(33-25)10-7-13-26(12-6-2)22(19)30/h7-8,10-11,16-21,29H,5-6,9,12-15H2,1-4H3/t16?,17-,18-,19+,20+,21?,25+/m1/s1. The van der Waals surface area contributed by atoms with Crippen molar-refractivity contribution in [2.24, 2.45) is 11.8 Å². The summed E-state index contributed by atoms with van der Waals surface area (Å²) < 4.78 is 6.58. The Morgan fingerprint density at radius 3 is 2.48 bits per heavy atom. The van der Waals surface area contributed by atoms with Gasteiger partial charge >= 0.3 is 0 Å². The Kier molecular flexibility index (Phi) is 6.69. The highest BCUT2D eigenvalue weighted by Crippen LogP contribution is 2.54. The Hall–Kier alpha value is -2.19. The van der Waals surface area contributed by atoms with E-state index in [1.54, 1.807) is 11.8 Å². The van der Waals surface area contributed by atoms with E-state index in [1.165, 1.54) is 4.90 Å². The molecular formula is C25H37N3O5. The number of aliphatic hydroxyl groups is 1. The number of amides is 3. The molecule has 3 amide bonds. The van der Waals surface area contributed by atoms with Gasteiger partial charge in [-0.3, -0.25) is 14.4 Å². The number of aliphatic hydroxyl groups excluding tert-OH is 1. The molecule has 0 radical (unpaired) electrons. The molecule has 8 heteroatoms. The normalized spacial score (nSPS) is 35.3. The van der Waals surface area contributed by atoms with E-state index in [0.717, 1.165) is 19.3 Å². The van der Waals surface area contributed by atoms with E-state index in [-0.39, 0.29) is 30.4 Å². The molecule has 1 N–H and O–H groups in total. The van der Waals surface area contributed by atoms with Crippen molar-refractivity contribution >= 4 is 17.7 Å². The second-order valence-electron chi connectivity index (χ2n) is 9.86. The molecule has 7 atom stereocenters. The molecule has 4 heterocycles. The second kappa shape index (κ2) is 9.22. The highest BCUT2D eigenvalue weighted by atomic mass is 16.5. The summed E-state index contributed by atoms with van der Waals surface area (Å²) in [6, 6.07) is -1.45. The van der Waals surface area contributed by atoms with E-state index in [2.05, 4.69) is 6.92 Å². The van der Waals surface area contributed by atoms with Gasteiger partial charge < -0.3 is 24.5 Å². The van der Waals surface area contributed by atoms with Crippen molar-refractivity contribution in [3.05, 3.63) is 24.3 Å². The third-order valence-corrected chi connectivity index (χ3v) is 7.68. The number of nitrogens with zero attached hydrogens (tertiary/aromatic N) is 3. The lowest BCUT2D eigenvalue weighted by molar-refractivity contribution is -0.152. The smallest absolute Gasteiger partial charge is 0.249 e. The van der Waals surface area contributed by atoms with E-state index in [9.17, 15) is 19.5 Å². The fourth-order valence-electron chi connectivity index (χ4n) is 6.15. The fraction of sp³-hybridized carbons (Fsp3) is 0.720. The van der Waals surface area contributed by atoms with Gasteiger partial charge in [-0.15, -0.1) is 0 Å². The van der Waals surface area contributed by atoms with Gasteiger partial charge in [0.1, 0.15) is 11.6 Å². The minimum atomic E-state index is -1.22. The number of carbonyl (C=O) groups is 3. The molecule has 8 nitrogen and oxygen atoms in total. The monoisotopic (exact) mass is 459 g/mol. The molecule has 1 spiro atoms. The number of hydrogen-bond acceptors (Lipinski definition) is 5. The molecule has 4 rings (SSSR count).